The van der Waals surface area contributed by atoms with Crippen LogP contribution in [0, 0.1) is 5.92 Å². The molecule has 9 nitrogen and oxygen atoms in total. The second kappa shape index (κ2) is 14.8. The van der Waals surface area contributed by atoms with Gasteiger partial charge in [-0.25, -0.2) is 4.79 Å². The number of rotatable bonds is 9. The maximum Gasteiger partial charge on any atom is 0.409 e. The summed E-state index contributed by atoms with van der Waals surface area (Å²) in [5.41, 5.74) is 3.55. The minimum absolute atomic E-state index is 0.0600. The molecule has 2 aliphatic carbocycles. The van der Waals surface area contributed by atoms with Crippen molar-refractivity contribution >= 4 is 17.9 Å². The number of ether oxygens (including phenoxy) is 1. The van der Waals surface area contributed by atoms with Gasteiger partial charge in [-0.05, 0) is 68.7 Å². The molecule has 2 aromatic rings. The number of benzene rings is 2. The fourth-order valence-electron chi connectivity index (χ4n) is 6.78. The number of hydrogen-bond acceptors (Lipinski definition) is 6. The van der Waals surface area contributed by atoms with Gasteiger partial charge in [0.2, 0.25) is 11.8 Å². The first-order chi connectivity index (χ1) is 20.9. The van der Waals surface area contributed by atoms with Crippen molar-refractivity contribution in [1.82, 2.24) is 25.8 Å². The molecule has 4 atom stereocenters. The number of carbonyl (C=O) groups excluding carboxylic acids is 3. The molecule has 0 bridgehead atoms. The lowest BCUT2D eigenvalue weighted by atomic mass is 9.83. The zero-order chi connectivity index (χ0) is 30.2. The molecule has 5 rings (SSSR count). The maximum absolute atomic E-state index is 14.3. The summed E-state index contributed by atoms with van der Waals surface area (Å²) in [6.07, 6.45) is 6.58. The lowest BCUT2D eigenvalue weighted by Gasteiger charge is -2.43. The molecule has 1 heterocycles. The fraction of sp³-hybridized carbons (Fsp3) is 0.559. The topological polar surface area (TPSA) is 103 Å². The Labute approximate surface area is 255 Å². The molecule has 1 saturated carbocycles. The van der Waals surface area contributed by atoms with Crippen LogP contribution in [0.25, 0.3) is 0 Å². The molecule has 43 heavy (non-hydrogen) atoms. The Morgan fingerprint density at radius 3 is 2.44 bits per heavy atom. The highest BCUT2D eigenvalue weighted by molar-refractivity contribution is 5.90. The number of nitrogens with zero attached hydrogens (tertiary/aromatic N) is 2. The molecule has 2 aromatic carbocycles. The normalized spacial score (nSPS) is 22.6. The van der Waals surface area contributed by atoms with Crippen molar-refractivity contribution in [3.05, 3.63) is 71.3 Å². The van der Waals surface area contributed by atoms with Gasteiger partial charge in [0.05, 0.1) is 18.6 Å². The first-order valence-electron chi connectivity index (χ1n) is 16.0. The second-order valence-electron chi connectivity index (χ2n) is 12.3. The number of likely N-dealkylation sites (N-methyl/N-ethyl adjacent to an activating group) is 1. The van der Waals surface area contributed by atoms with Crippen LogP contribution in [0.5, 0.6) is 0 Å². The SMILES string of the molecule is CN[C@@H](C)C(=O)N[C@H](C(=O)N1CCN(Cc2ccccc2)C[C@@H]1OC(=O)NC1CCCc2ccccc21)C1CCCCC1. The largest absolute Gasteiger partial charge is 0.424 e. The van der Waals surface area contributed by atoms with Gasteiger partial charge in [-0.3, -0.25) is 14.5 Å². The van der Waals surface area contributed by atoms with E-state index in [4.69, 9.17) is 4.74 Å². The lowest BCUT2D eigenvalue weighted by molar-refractivity contribution is -0.153. The number of aryl methyl sites for hydroxylation is 1. The van der Waals surface area contributed by atoms with Gasteiger partial charge in [0.1, 0.15) is 6.04 Å². The van der Waals surface area contributed by atoms with Crippen LogP contribution in [-0.4, -0.2) is 72.7 Å². The minimum Gasteiger partial charge on any atom is -0.424 e. The molecule has 0 radical (unpaired) electrons. The van der Waals surface area contributed by atoms with Crippen molar-refractivity contribution in [3.8, 4) is 0 Å². The first kappa shape index (κ1) is 31.0. The monoisotopic (exact) mass is 589 g/mol. The molecule has 2 fully saturated rings. The number of fused-ring (bicyclic) bond motifs is 1. The summed E-state index contributed by atoms with van der Waals surface area (Å²) < 4.78 is 6.11. The van der Waals surface area contributed by atoms with E-state index in [0.717, 1.165) is 62.5 Å². The molecule has 1 aliphatic heterocycles. The summed E-state index contributed by atoms with van der Waals surface area (Å²) >= 11 is 0. The Kier molecular flexibility index (Phi) is 10.7. The summed E-state index contributed by atoms with van der Waals surface area (Å²) in [7, 11) is 1.74. The molecule has 3 N–H and O–H groups in total. The molecule has 3 amide bonds. The van der Waals surface area contributed by atoms with Gasteiger partial charge in [0.15, 0.2) is 6.23 Å². The van der Waals surface area contributed by atoms with Crippen molar-refractivity contribution in [3.63, 3.8) is 0 Å². The van der Waals surface area contributed by atoms with Crippen molar-refractivity contribution in [2.24, 2.45) is 5.92 Å². The molecule has 3 aliphatic rings. The third kappa shape index (κ3) is 7.95. The van der Waals surface area contributed by atoms with Crippen LogP contribution in [0.2, 0.25) is 0 Å². The summed E-state index contributed by atoms with van der Waals surface area (Å²) in [6, 6.07) is 17.2. The molecular formula is C34H47N5O4. The maximum atomic E-state index is 14.3. The molecule has 1 saturated heterocycles. The Morgan fingerprint density at radius 2 is 1.67 bits per heavy atom. The van der Waals surface area contributed by atoms with Crippen LogP contribution in [0.4, 0.5) is 4.79 Å². The summed E-state index contributed by atoms with van der Waals surface area (Å²) in [6.45, 7) is 3.95. The average Bonchev–Trinajstić information content (AvgIpc) is 3.04. The van der Waals surface area contributed by atoms with Gasteiger partial charge < -0.3 is 25.6 Å². The zero-order valence-corrected chi connectivity index (χ0v) is 25.6. The average molecular weight is 590 g/mol. The number of nitrogens with one attached hydrogen (secondary N) is 3. The van der Waals surface area contributed by atoms with E-state index in [1.54, 1.807) is 18.9 Å². The third-order valence-corrected chi connectivity index (χ3v) is 9.37. The van der Waals surface area contributed by atoms with Crippen LogP contribution >= 0.6 is 0 Å². The van der Waals surface area contributed by atoms with Crippen LogP contribution in [-0.2, 0) is 27.3 Å². The van der Waals surface area contributed by atoms with Crippen LogP contribution < -0.4 is 16.0 Å². The van der Waals surface area contributed by atoms with Crippen LogP contribution in [0.15, 0.2) is 54.6 Å². The first-order valence-corrected chi connectivity index (χ1v) is 16.0. The quantitative estimate of drug-likeness (QED) is 0.407. The highest BCUT2D eigenvalue weighted by atomic mass is 16.6. The summed E-state index contributed by atoms with van der Waals surface area (Å²) in [4.78, 5) is 44.7. The lowest BCUT2D eigenvalue weighted by Crippen LogP contribution is -2.63. The van der Waals surface area contributed by atoms with Crippen LogP contribution in [0.3, 0.4) is 0 Å². The number of hydrogen-bond donors (Lipinski definition) is 3. The molecular weight excluding hydrogens is 542 g/mol. The third-order valence-electron chi connectivity index (χ3n) is 9.37. The van der Waals surface area contributed by atoms with E-state index in [2.05, 4.69) is 45.1 Å². The van der Waals surface area contributed by atoms with E-state index in [1.807, 2.05) is 30.3 Å². The van der Waals surface area contributed by atoms with Crippen molar-refractivity contribution < 1.29 is 19.1 Å². The highest BCUT2D eigenvalue weighted by Gasteiger charge is 2.40. The second-order valence-corrected chi connectivity index (χ2v) is 12.3. The number of alkyl carbamates (subject to hydrolysis) is 1. The highest BCUT2D eigenvalue weighted by Crippen LogP contribution is 2.31. The van der Waals surface area contributed by atoms with Gasteiger partial charge in [0, 0.05) is 19.6 Å². The van der Waals surface area contributed by atoms with Crippen molar-refractivity contribution in [2.75, 3.05) is 26.7 Å². The van der Waals surface area contributed by atoms with Crippen molar-refractivity contribution in [2.45, 2.75) is 89.2 Å². The summed E-state index contributed by atoms with van der Waals surface area (Å²) in [5, 5.41) is 9.15. The van der Waals surface area contributed by atoms with Gasteiger partial charge in [-0.1, -0.05) is 73.9 Å². The van der Waals surface area contributed by atoms with Crippen LogP contribution in [0.1, 0.15) is 74.6 Å². The number of amides is 3. The fourth-order valence-corrected chi connectivity index (χ4v) is 6.78. The standard InChI is InChI=1S/C34H47N5O4/c1-24(35-2)32(40)37-31(27-15-7-4-8-16-27)33(41)39-21-20-38(22-25-12-5-3-6-13-25)23-30(39)43-34(42)36-29-19-11-17-26-14-9-10-18-28(26)29/h3,5-6,9-10,12-14,18,24,27,29-31,35H,4,7-8,11,15-17,19-23H2,1-2H3,(H,36,42)(H,37,40)/t24-,29?,30-,31-/m0/s1. The van der Waals surface area contributed by atoms with Gasteiger partial charge >= 0.3 is 6.09 Å². The Hall–Kier alpha value is -3.43. The number of piperazine rings is 1. The Balaban J connectivity index is 1.34. The molecule has 0 aromatic heterocycles. The van der Waals surface area contributed by atoms with Gasteiger partial charge in [-0.15, -0.1) is 0 Å². The predicted octanol–water partition coefficient (Wildman–Crippen LogP) is 4.13. The summed E-state index contributed by atoms with van der Waals surface area (Å²) in [5.74, 6) is -0.297. The van der Waals surface area contributed by atoms with E-state index in [0.29, 0.717) is 26.2 Å². The predicted molar refractivity (Wildman–Crippen MR) is 166 cm³/mol. The van der Waals surface area contributed by atoms with E-state index in [1.165, 1.54) is 5.56 Å². The van der Waals surface area contributed by atoms with E-state index in [-0.39, 0.29) is 23.8 Å². The van der Waals surface area contributed by atoms with E-state index >= 15 is 0 Å². The molecule has 1 unspecified atom stereocenters. The smallest absolute Gasteiger partial charge is 0.409 e. The minimum atomic E-state index is -0.770. The number of carbonyl (C=O) groups is 3. The zero-order valence-electron chi connectivity index (χ0n) is 25.6. The van der Waals surface area contributed by atoms with Crippen molar-refractivity contribution in [1.29, 1.82) is 0 Å². The molecule has 232 valence electrons. The van der Waals surface area contributed by atoms with E-state index in [9.17, 15) is 14.4 Å². The van der Waals surface area contributed by atoms with Gasteiger partial charge in [-0.2, -0.15) is 0 Å². The Bertz CT molecular complexity index is 1230. The molecule has 0 spiro atoms. The Morgan fingerprint density at radius 1 is 0.930 bits per heavy atom. The van der Waals surface area contributed by atoms with E-state index < -0.39 is 24.4 Å². The molecule has 9 heteroatoms. The van der Waals surface area contributed by atoms with Gasteiger partial charge in [0.25, 0.3) is 0 Å².